The molecule has 0 aliphatic rings. The Morgan fingerprint density at radius 3 is 2.83 bits per heavy atom. The fraction of sp³-hybridized carbons (Fsp3) is 0.125. The minimum absolute atomic E-state index is 0.507. The third-order valence-corrected chi connectivity index (χ3v) is 2.50. The average molecular weight is 202 g/mol. The quantitative estimate of drug-likeness (QED) is 0.653. The second-order valence-corrected chi connectivity index (χ2v) is 3.29. The van der Waals surface area contributed by atoms with E-state index in [0.717, 1.165) is 11.1 Å². The molecule has 0 fully saturated rings. The van der Waals surface area contributed by atoms with Crippen LogP contribution in [0.25, 0.3) is 11.0 Å². The maximum Gasteiger partial charge on any atom is 0.168 e. The van der Waals surface area contributed by atoms with Gasteiger partial charge in [0.15, 0.2) is 5.58 Å². The number of fused-ring (bicyclic) bond motifs is 1. The number of nitrogens with zero attached hydrogens (tertiary/aromatic N) is 1. The van der Waals surface area contributed by atoms with E-state index in [1.54, 1.807) is 12.1 Å². The molecule has 0 saturated heterocycles. The number of aryl methyl sites for hydroxylation is 1. The average Bonchev–Trinajstić information content (AvgIpc) is 2.41. The number of hydrogen-bond donors (Lipinski definition) is 0. The van der Waals surface area contributed by atoms with Gasteiger partial charge in [0.25, 0.3) is 0 Å². The molecule has 0 bridgehead atoms. The van der Waals surface area contributed by atoms with Gasteiger partial charge in [-0.3, -0.25) is 0 Å². The van der Waals surface area contributed by atoms with Crippen LogP contribution in [0.4, 0.5) is 0 Å². The van der Waals surface area contributed by atoms with Gasteiger partial charge in [-0.25, -0.2) is 0 Å². The highest BCUT2D eigenvalue weighted by molar-refractivity contribution is 6.45. The lowest BCUT2D eigenvalue weighted by atomic mass is 10.2. The van der Waals surface area contributed by atoms with Crippen LogP contribution in [0.5, 0.6) is 0 Å². The monoisotopic (exact) mass is 201 g/mol. The fourth-order valence-electron chi connectivity index (χ4n) is 1.11. The molecule has 0 atom stereocenters. The van der Waals surface area contributed by atoms with E-state index in [4.69, 9.17) is 27.7 Å². The van der Waals surface area contributed by atoms with Crippen LogP contribution in [0, 0.1) is 6.92 Å². The molecule has 62 valence electrons. The maximum absolute atomic E-state index is 5.94. The standard InChI is InChI=1S/C8H5Cl2NO/c1-4-7-6(12-11-4)3-2-5(9)8(7)10/h2-3H,1H3. The zero-order valence-electron chi connectivity index (χ0n) is 6.27. The molecular formula is C8H5Cl2NO. The molecule has 0 amide bonds. The van der Waals surface area contributed by atoms with Gasteiger partial charge in [-0.05, 0) is 19.1 Å². The van der Waals surface area contributed by atoms with Crippen molar-refractivity contribution in [3.63, 3.8) is 0 Å². The Labute approximate surface area is 79.0 Å². The lowest BCUT2D eigenvalue weighted by Gasteiger charge is -1.94. The van der Waals surface area contributed by atoms with E-state index in [1.165, 1.54) is 0 Å². The lowest BCUT2D eigenvalue weighted by molar-refractivity contribution is 0.450. The van der Waals surface area contributed by atoms with Gasteiger partial charge in [0.1, 0.15) is 0 Å². The third-order valence-electron chi connectivity index (χ3n) is 1.70. The zero-order valence-corrected chi connectivity index (χ0v) is 7.78. The molecular weight excluding hydrogens is 197 g/mol. The van der Waals surface area contributed by atoms with E-state index in [1.807, 2.05) is 6.92 Å². The highest BCUT2D eigenvalue weighted by Gasteiger charge is 2.10. The van der Waals surface area contributed by atoms with E-state index in [-0.39, 0.29) is 0 Å². The summed E-state index contributed by atoms with van der Waals surface area (Å²) in [4.78, 5) is 0. The first kappa shape index (κ1) is 7.90. The van der Waals surface area contributed by atoms with Crippen LogP contribution in [0.2, 0.25) is 10.0 Å². The van der Waals surface area contributed by atoms with Gasteiger partial charge in [0.05, 0.1) is 21.1 Å². The number of benzene rings is 1. The summed E-state index contributed by atoms with van der Waals surface area (Å²) < 4.78 is 4.99. The number of hydrogen-bond acceptors (Lipinski definition) is 2. The van der Waals surface area contributed by atoms with Crippen LogP contribution in [0.15, 0.2) is 16.7 Å². The van der Waals surface area contributed by atoms with Crippen molar-refractivity contribution < 1.29 is 4.52 Å². The first-order chi connectivity index (χ1) is 5.70. The van der Waals surface area contributed by atoms with E-state index in [9.17, 15) is 0 Å². The lowest BCUT2D eigenvalue weighted by Crippen LogP contribution is -1.73. The summed E-state index contributed by atoms with van der Waals surface area (Å²) in [6, 6.07) is 3.44. The highest BCUT2D eigenvalue weighted by atomic mass is 35.5. The van der Waals surface area contributed by atoms with Gasteiger partial charge < -0.3 is 4.52 Å². The number of rotatable bonds is 0. The first-order valence-electron chi connectivity index (χ1n) is 3.40. The van der Waals surface area contributed by atoms with Gasteiger partial charge in [0.2, 0.25) is 0 Å². The topological polar surface area (TPSA) is 26.0 Å². The van der Waals surface area contributed by atoms with Crippen LogP contribution in [-0.4, -0.2) is 5.16 Å². The molecule has 0 saturated carbocycles. The molecule has 1 heterocycles. The maximum atomic E-state index is 5.94. The predicted octanol–water partition coefficient (Wildman–Crippen LogP) is 3.44. The first-order valence-corrected chi connectivity index (χ1v) is 4.15. The minimum atomic E-state index is 0.507. The summed E-state index contributed by atoms with van der Waals surface area (Å²) in [6.45, 7) is 1.83. The van der Waals surface area contributed by atoms with Crippen molar-refractivity contribution in [2.24, 2.45) is 0 Å². The molecule has 2 rings (SSSR count). The Morgan fingerprint density at radius 1 is 1.33 bits per heavy atom. The Hall–Kier alpha value is -0.730. The van der Waals surface area contributed by atoms with Crippen LogP contribution in [0.1, 0.15) is 5.69 Å². The molecule has 0 N–H and O–H groups in total. The summed E-state index contributed by atoms with van der Waals surface area (Å²) in [5, 5.41) is 5.61. The normalized spacial score (nSPS) is 10.9. The number of halogens is 2. The molecule has 1 aromatic heterocycles. The smallest absolute Gasteiger partial charge is 0.168 e. The molecule has 0 radical (unpaired) electrons. The zero-order chi connectivity index (χ0) is 8.72. The van der Waals surface area contributed by atoms with Crippen molar-refractivity contribution in [3.05, 3.63) is 27.9 Å². The van der Waals surface area contributed by atoms with E-state index in [0.29, 0.717) is 15.6 Å². The summed E-state index contributed by atoms with van der Waals surface area (Å²) in [5.41, 5.74) is 1.43. The van der Waals surface area contributed by atoms with Crippen molar-refractivity contribution in [2.75, 3.05) is 0 Å². The van der Waals surface area contributed by atoms with Gasteiger partial charge in [-0.15, -0.1) is 0 Å². The Kier molecular flexibility index (Phi) is 1.74. The molecule has 4 heteroatoms. The van der Waals surface area contributed by atoms with E-state index in [2.05, 4.69) is 5.16 Å². The molecule has 1 aromatic carbocycles. The van der Waals surface area contributed by atoms with Gasteiger partial charge >= 0.3 is 0 Å². The van der Waals surface area contributed by atoms with E-state index < -0.39 is 0 Å². The Bertz CT molecular complexity index is 436. The summed E-state index contributed by atoms with van der Waals surface area (Å²) in [7, 11) is 0. The second-order valence-electron chi connectivity index (χ2n) is 2.50. The minimum Gasteiger partial charge on any atom is -0.356 e. The summed E-state index contributed by atoms with van der Waals surface area (Å²) in [5.74, 6) is 0. The van der Waals surface area contributed by atoms with Crippen molar-refractivity contribution >= 4 is 34.2 Å². The Balaban J connectivity index is 2.96. The predicted molar refractivity (Wildman–Crippen MR) is 48.8 cm³/mol. The van der Waals surface area contributed by atoms with Crippen molar-refractivity contribution in [1.82, 2.24) is 5.16 Å². The second kappa shape index (κ2) is 2.64. The van der Waals surface area contributed by atoms with Gasteiger partial charge in [0, 0.05) is 0 Å². The molecule has 2 nitrogen and oxygen atoms in total. The summed E-state index contributed by atoms with van der Waals surface area (Å²) >= 11 is 11.8. The van der Waals surface area contributed by atoms with Crippen LogP contribution in [0.3, 0.4) is 0 Å². The molecule has 0 aliphatic carbocycles. The van der Waals surface area contributed by atoms with Gasteiger partial charge in [-0.1, -0.05) is 28.4 Å². The fourth-order valence-corrected chi connectivity index (χ4v) is 1.56. The van der Waals surface area contributed by atoms with Crippen molar-refractivity contribution in [2.45, 2.75) is 6.92 Å². The largest absolute Gasteiger partial charge is 0.356 e. The van der Waals surface area contributed by atoms with Crippen LogP contribution >= 0.6 is 23.2 Å². The molecule has 2 aromatic rings. The Morgan fingerprint density at radius 2 is 2.08 bits per heavy atom. The van der Waals surface area contributed by atoms with Crippen molar-refractivity contribution in [3.8, 4) is 0 Å². The highest BCUT2D eigenvalue weighted by Crippen LogP contribution is 2.32. The molecule has 0 spiro atoms. The number of aromatic nitrogens is 1. The molecule has 0 unspecified atom stereocenters. The summed E-state index contributed by atoms with van der Waals surface area (Å²) in [6.07, 6.45) is 0. The molecule has 0 aliphatic heterocycles. The van der Waals surface area contributed by atoms with Crippen molar-refractivity contribution in [1.29, 1.82) is 0 Å². The SMILES string of the molecule is Cc1noc2ccc(Cl)c(Cl)c12. The van der Waals surface area contributed by atoms with Crippen LogP contribution < -0.4 is 0 Å². The van der Waals surface area contributed by atoms with Gasteiger partial charge in [-0.2, -0.15) is 0 Å². The molecule has 12 heavy (non-hydrogen) atoms. The third kappa shape index (κ3) is 0.993. The van der Waals surface area contributed by atoms with E-state index >= 15 is 0 Å². The van der Waals surface area contributed by atoms with Crippen LogP contribution in [-0.2, 0) is 0 Å².